The molecule has 0 aromatic heterocycles. The monoisotopic (exact) mass is 468 g/mol. The first-order chi connectivity index (χ1) is 15.7. The average molecular weight is 469 g/mol. The number of amides is 1. The maximum atomic E-state index is 12.7. The fourth-order valence-electron chi connectivity index (χ4n) is 3.41. The average Bonchev–Trinajstić information content (AvgIpc) is 2.77. The molecule has 0 unspecified atom stereocenters. The van der Waals surface area contributed by atoms with Crippen LogP contribution in [0, 0.1) is 6.92 Å². The molecule has 1 amide bonds. The Labute approximate surface area is 195 Å². The fourth-order valence-corrected chi connectivity index (χ4v) is 4.30. The van der Waals surface area contributed by atoms with Gasteiger partial charge in [0.1, 0.15) is 5.75 Å². The molecule has 174 valence electrons. The lowest BCUT2D eigenvalue weighted by molar-refractivity contribution is 0.102. The van der Waals surface area contributed by atoms with Gasteiger partial charge in [0.25, 0.3) is 5.91 Å². The summed E-state index contributed by atoms with van der Waals surface area (Å²) in [6.45, 7) is 2.46. The highest BCUT2D eigenvalue weighted by molar-refractivity contribution is 7.92. The summed E-state index contributed by atoms with van der Waals surface area (Å²) in [4.78, 5) is 12.7. The van der Waals surface area contributed by atoms with Crippen LogP contribution in [0.25, 0.3) is 0 Å². The molecule has 0 spiro atoms. The Morgan fingerprint density at radius 3 is 2.33 bits per heavy atom. The SMILES string of the molecule is COCc1cccc(NC(=O)c2ccc(CN(c3cc(C)ccc3OC)S(C)(=O)=O)cc2)c1. The molecule has 0 fully saturated rings. The highest BCUT2D eigenvalue weighted by Crippen LogP contribution is 2.32. The third kappa shape index (κ3) is 6.34. The van der Waals surface area contributed by atoms with Crippen LogP contribution in [0.1, 0.15) is 27.0 Å². The molecule has 0 aliphatic heterocycles. The Morgan fingerprint density at radius 2 is 1.70 bits per heavy atom. The predicted molar refractivity (Wildman–Crippen MR) is 130 cm³/mol. The molecule has 3 rings (SSSR count). The van der Waals surface area contributed by atoms with E-state index in [4.69, 9.17) is 9.47 Å². The van der Waals surface area contributed by atoms with Crippen molar-refractivity contribution in [2.45, 2.75) is 20.1 Å². The van der Waals surface area contributed by atoms with Crippen LogP contribution in [0.5, 0.6) is 5.75 Å². The molecule has 0 aliphatic rings. The van der Waals surface area contributed by atoms with Crippen LogP contribution < -0.4 is 14.4 Å². The second kappa shape index (κ2) is 10.5. The van der Waals surface area contributed by atoms with E-state index in [2.05, 4.69) is 5.32 Å². The van der Waals surface area contributed by atoms with Crippen LogP contribution in [-0.4, -0.2) is 34.8 Å². The Kier molecular flexibility index (Phi) is 7.73. The van der Waals surface area contributed by atoms with E-state index >= 15 is 0 Å². The molecule has 0 heterocycles. The summed E-state index contributed by atoms with van der Waals surface area (Å²) >= 11 is 0. The molecular weight excluding hydrogens is 440 g/mol. The molecule has 33 heavy (non-hydrogen) atoms. The molecule has 3 aromatic rings. The lowest BCUT2D eigenvalue weighted by atomic mass is 10.1. The quantitative estimate of drug-likeness (QED) is 0.504. The molecule has 0 saturated heterocycles. The lowest BCUT2D eigenvalue weighted by Crippen LogP contribution is -2.29. The zero-order valence-corrected chi connectivity index (χ0v) is 20.0. The smallest absolute Gasteiger partial charge is 0.255 e. The summed E-state index contributed by atoms with van der Waals surface area (Å²) in [5, 5.41) is 2.87. The van der Waals surface area contributed by atoms with E-state index < -0.39 is 10.0 Å². The number of carbonyl (C=O) groups is 1. The van der Waals surface area contributed by atoms with Gasteiger partial charge in [-0.25, -0.2) is 8.42 Å². The first-order valence-corrected chi connectivity index (χ1v) is 12.2. The van der Waals surface area contributed by atoms with Gasteiger partial charge in [0, 0.05) is 18.4 Å². The van der Waals surface area contributed by atoms with E-state index in [9.17, 15) is 13.2 Å². The Bertz CT molecular complexity index is 1220. The standard InChI is InChI=1S/C25H28N2O5S/c1-18-8-13-24(32-3)23(14-18)27(33(4,29)30)16-19-9-11-21(12-10-19)25(28)26-22-7-5-6-20(15-22)17-31-2/h5-15H,16-17H2,1-4H3,(H,26,28). The number of anilines is 2. The zero-order chi connectivity index (χ0) is 24.0. The van der Waals surface area contributed by atoms with E-state index in [1.54, 1.807) is 43.5 Å². The molecule has 3 aromatic carbocycles. The molecule has 0 bridgehead atoms. The van der Waals surface area contributed by atoms with Crippen LogP contribution in [0.2, 0.25) is 0 Å². The first kappa shape index (κ1) is 24.3. The number of nitrogens with one attached hydrogen (secondary N) is 1. The number of benzene rings is 3. The molecular formula is C25H28N2O5S. The second-order valence-corrected chi connectivity index (χ2v) is 9.64. The van der Waals surface area contributed by atoms with Crippen LogP contribution in [0.15, 0.2) is 66.7 Å². The van der Waals surface area contributed by atoms with Crippen molar-refractivity contribution in [3.8, 4) is 5.75 Å². The molecule has 0 saturated carbocycles. The topological polar surface area (TPSA) is 84.9 Å². The largest absolute Gasteiger partial charge is 0.495 e. The number of hydrogen-bond donors (Lipinski definition) is 1. The highest BCUT2D eigenvalue weighted by Gasteiger charge is 2.22. The van der Waals surface area contributed by atoms with Gasteiger partial charge in [-0.05, 0) is 60.0 Å². The minimum Gasteiger partial charge on any atom is -0.495 e. The van der Waals surface area contributed by atoms with Crippen molar-refractivity contribution in [2.24, 2.45) is 0 Å². The molecule has 7 nitrogen and oxygen atoms in total. The van der Waals surface area contributed by atoms with Crippen molar-refractivity contribution in [2.75, 3.05) is 30.1 Å². The normalized spacial score (nSPS) is 11.2. The maximum absolute atomic E-state index is 12.7. The van der Waals surface area contributed by atoms with Gasteiger partial charge in [-0.2, -0.15) is 0 Å². The molecule has 8 heteroatoms. The maximum Gasteiger partial charge on any atom is 0.255 e. The van der Waals surface area contributed by atoms with Crippen molar-refractivity contribution in [3.05, 3.63) is 89.0 Å². The second-order valence-electron chi connectivity index (χ2n) is 7.73. The van der Waals surface area contributed by atoms with Gasteiger partial charge < -0.3 is 14.8 Å². The highest BCUT2D eigenvalue weighted by atomic mass is 32.2. The van der Waals surface area contributed by atoms with E-state index in [1.165, 1.54) is 11.4 Å². The Hall–Kier alpha value is -3.36. The van der Waals surface area contributed by atoms with Gasteiger partial charge in [0.05, 0.1) is 32.2 Å². The number of nitrogens with zero attached hydrogens (tertiary/aromatic N) is 1. The number of carbonyl (C=O) groups excluding carboxylic acids is 1. The van der Waals surface area contributed by atoms with Crippen molar-refractivity contribution in [3.63, 3.8) is 0 Å². The van der Waals surface area contributed by atoms with Crippen LogP contribution in [0.3, 0.4) is 0 Å². The number of sulfonamides is 1. The number of hydrogen-bond acceptors (Lipinski definition) is 5. The molecule has 0 atom stereocenters. The van der Waals surface area contributed by atoms with E-state index in [-0.39, 0.29) is 12.5 Å². The summed E-state index contributed by atoms with van der Waals surface area (Å²) in [6, 6.07) is 19.7. The van der Waals surface area contributed by atoms with Crippen molar-refractivity contribution in [1.82, 2.24) is 0 Å². The summed E-state index contributed by atoms with van der Waals surface area (Å²) in [7, 11) is -0.453. The molecule has 0 radical (unpaired) electrons. The minimum absolute atomic E-state index is 0.111. The van der Waals surface area contributed by atoms with Gasteiger partial charge in [-0.15, -0.1) is 0 Å². The first-order valence-electron chi connectivity index (χ1n) is 10.3. The van der Waals surface area contributed by atoms with E-state index in [1.807, 2.05) is 37.3 Å². The van der Waals surface area contributed by atoms with Crippen LogP contribution in [-0.2, 0) is 27.9 Å². The zero-order valence-electron chi connectivity index (χ0n) is 19.2. The van der Waals surface area contributed by atoms with Gasteiger partial charge in [0.2, 0.25) is 10.0 Å². The van der Waals surface area contributed by atoms with Gasteiger partial charge >= 0.3 is 0 Å². The summed E-state index contributed by atoms with van der Waals surface area (Å²) < 4.78 is 36.9. The van der Waals surface area contributed by atoms with Crippen LogP contribution in [0.4, 0.5) is 11.4 Å². The molecule has 1 N–H and O–H groups in total. The Balaban J connectivity index is 1.79. The Morgan fingerprint density at radius 1 is 0.970 bits per heavy atom. The van der Waals surface area contributed by atoms with Crippen LogP contribution >= 0.6 is 0 Å². The van der Waals surface area contributed by atoms with Crippen molar-refractivity contribution >= 4 is 27.3 Å². The summed E-state index contributed by atoms with van der Waals surface area (Å²) in [5.74, 6) is 0.217. The lowest BCUT2D eigenvalue weighted by Gasteiger charge is -2.25. The number of aryl methyl sites for hydroxylation is 1. The van der Waals surface area contributed by atoms with Gasteiger partial charge in [-0.3, -0.25) is 9.10 Å². The summed E-state index contributed by atoms with van der Waals surface area (Å²) in [5.41, 5.74) is 4.22. The number of methoxy groups -OCH3 is 2. The summed E-state index contributed by atoms with van der Waals surface area (Å²) in [6.07, 6.45) is 1.16. The van der Waals surface area contributed by atoms with E-state index in [0.717, 1.165) is 22.9 Å². The minimum atomic E-state index is -3.58. The number of ether oxygens (including phenoxy) is 2. The van der Waals surface area contributed by atoms with E-state index in [0.29, 0.717) is 29.3 Å². The third-order valence-electron chi connectivity index (χ3n) is 5.04. The third-order valence-corrected chi connectivity index (χ3v) is 6.17. The molecule has 0 aliphatic carbocycles. The van der Waals surface area contributed by atoms with Crippen molar-refractivity contribution in [1.29, 1.82) is 0 Å². The predicted octanol–water partition coefficient (Wildman–Crippen LogP) is 4.37. The van der Waals surface area contributed by atoms with Crippen molar-refractivity contribution < 1.29 is 22.7 Å². The fraction of sp³-hybridized carbons (Fsp3) is 0.240. The van der Waals surface area contributed by atoms with Gasteiger partial charge in [0.15, 0.2) is 0 Å². The van der Waals surface area contributed by atoms with Gasteiger partial charge in [-0.1, -0.05) is 30.3 Å². The number of rotatable bonds is 9.